The van der Waals surface area contributed by atoms with Crippen molar-refractivity contribution in [2.24, 2.45) is 11.3 Å². The van der Waals surface area contributed by atoms with Gasteiger partial charge in [0.05, 0.1) is 5.56 Å². The van der Waals surface area contributed by atoms with Crippen molar-refractivity contribution in [3.05, 3.63) is 23.9 Å². The van der Waals surface area contributed by atoms with E-state index >= 15 is 0 Å². The highest BCUT2D eigenvalue weighted by Crippen LogP contribution is 2.42. The fraction of sp³-hybridized carbons (Fsp3) is 0.500. The largest absolute Gasteiger partial charge is 0.478 e. The maximum atomic E-state index is 12.2. The molecule has 0 radical (unpaired) electrons. The van der Waals surface area contributed by atoms with Crippen LogP contribution in [0, 0.1) is 11.3 Å². The molecule has 19 heavy (non-hydrogen) atoms. The van der Waals surface area contributed by atoms with Gasteiger partial charge in [0.1, 0.15) is 5.82 Å². The summed E-state index contributed by atoms with van der Waals surface area (Å²) in [6.45, 7) is 4.18. The lowest BCUT2D eigenvalue weighted by Gasteiger charge is -2.25. The lowest BCUT2D eigenvalue weighted by molar-refractivity contribution is -0.122. The number of aromatic carboxylic acids is 1. The number of carbonyl (C=O) groups is 2. The van der Waals surface area contributed by atoms with Crippen molar-refractivity contribution >= 4 is 17.7 Å². The highest BCUT2D eigenvalue weighted by Gasteiger charge is 2.39. The molecule has 0 aliphatic heterocycles. The first-order chi connectivity index (χ1) is 8.90. The first-order valence-corrected chi connectivity index (χ1v) is 6.40. The molecule has 0 bridgehead atoms. The van der Waals surface area contributed by atoms with Gasteiger partial charge >= 0.3 is 5.97 Å². The standard InChI is InChI=1S/C14H18N2O3/c1-14(2)6-3-4-10(14)12(17)16-11-8-9(13(18)19)5-7-15-11/h5,7-8,10H,3-4,6H2,1-2H3,(H,18,19)(H,15,16,17). The number of carboxylic acid groups (broad SMARTS) is 1. The Morgan fingerprint density at radius 1 is 1.47 bits per heavy atom. The van der Waals surface area contributed by atoms with Crippen LogP contribution >= 0.6 is 0 Å². The number of anilines is 1. The summed E-state index contributed by atoms with van der Waals surface area (Å²) in [6.07, 6.45) is 4.34. The van der Waals surface area contributed by atoms with Crippen LogP contribution in [0.1, 0.15) is 43.5 Å². The molecule has 0 saturated heterocycles. The maximum absolute atomic E-state index is 12.2. The van der Waals surface area contributed by atoms with Crippen molar-refractivity contribution in [1.82, 2.24) is 4.98 Å². The Bertz CT molecular complexity index is 511. The number of nitrogens with zero attached hydrogens (tertiary/aromatic N) is 1. The highest BCUT2D eigenvalue weighted by molar-refractivity contribution is 5.94. The number of aromatic nitrogens is 1. The van der Waals surface area contributed by atoms with Gasteiger partial charge < -0.3 is 10.4 Å². The van der Waals surface area contributed by atoms with Gasteiger partial charge in [0.15, 0.2) is 0 Å². The maximum Gasteiger partial charge on any atom is 0.335 e. The van der Waals surface area contributed by atoms with E-state index in [2.05, 4.69) is 24.1 Å². The molecule has 1 saturated carbocycles. The van der Waals surface area contributed by atoms with Crippen molar-refractivity contribution in [3.63, 3.8) is 0 Å². The second-order valence-electron chi connectivity index (χ2n) is 5.66. The third-order valence-electron chi connectivity index (χ3n) is 3.83. The van der Waals surface area contributed by atoms with Crippen molar-refractivity contribution < 1.29 is 14.7 Å². The van der Waals surface area contributed by atoms with E-state index in [1.165, 1.54) is 18.3 Å². The molecular formula is C14H18N2O3. The molecule has 1 fully saturated rings. The van der Waals surface area contributed by atoms with E-state index in [1.807, 2.05) is 0 Å². The zero-order valence-corrected chi connectivity index (χ0v) is 11.1. The van der Waals surface area contributed by atoms with Gasteiger partial charge in [0, 0.05) is 12.1 Å². The van der Waals surface area contributed by atoms with Crippen LogP contribution in [0.5, 0.6) is 0 Å². The molecule has 1 atom stereocenters. The van der Waals surface area contributed by atoms with Crippen molar-refractivity contribution in [2.75, 3.05) is 5.32 Å². The Hall–Kier alpha value is -1.91. The van der Waals surface area contributed by atoms with Crippen LogP contribution in [0.15, 0.2) is 18.3 Å². The molecule has 1 aliphatic rings. The smallest absolute Gasteiger partial charge is 0.335 e. The summed E-state index contributed by atoms with van der Waals surface area (Å²) >= 11 is 0. The normalized spacial score (nSPS) is 21.1. The van der Waals surface area contributed by atoms with Crippen LogP contribution in [0.2, 0.25) is 0 Å². The van der Waals surface area contributed by atoms with E-state index in [-0.39, 0.29) is 22.8 Å². The van der Waals surface area contributed by atoms with Gasteiger partial charge in [0.2, 0.25) is 5.91 Å². The molecule has 1 heterocycles. The number of carbonyl (C=O) groups excluding carboxylic acids is 1. The van der Waals surface area contributed by atoms with Crippen LogP contribution < -0.4 is 5.32 Å². The van der Waals surface area contributed by atoms with Gasteiger partial charge in [-0.15, -0.1) is 0 Å². The summed E-state index contributed by atoms with van der Waals surface area (Å²) in [7, 11) is 0. The Morgan fingerprint density at radius 2 is 2.21 bits per heavy atom. The SMILES string of the molecule is CC1(C)CCCC1C(=O)Nc1cc(C(=O)O)ccn1. The number of pyridine rings is 1. The number of nitrogens with one attached hydrogen (secondary N) is 1. The second-order valence-corrected chi connectivity index (χ2v) is 5.66. The summed E-state index contributed by atoms with van der Waals surface area (Å²) in [5.41, 5.74) is 0.116. The lowest BCUT2D eigenvalue weighted by Crippen LogP contribution is -2.31. The van der Waals surface area contributed by atoms with Crippen LogP contribution in [0.3, 0.4) is 0 Å². The summed E-state index contributed by atoms with van der Waals surface area (Å²) < 4.78 is 0. The number of carboxylic acids is 1. The van der Waals surface area contributed by atoms with Crippen molar-refractivity contribution in [3.8, 4) is 0 Å². The Balaban J connectivity index is 2.11. The van der Waals surface area contributed by atoms with Crippen molar-refractivity contribution in [1.29, 1.82) is 0 Å². The molecule has 1 aliphatic carbocycles. The topological polar surface area (TPSA) is 79.3 Å². The van der Waals surface area contributed by atoms with E-state index in [4.69, 9.17) is 5.11 Å². The fourth-order valence-corrected chi connectivity index (χ4v) is 2.66. The van der Waals surface area contributed by atoms with Crippen LogP contribution in [-0.4, -0.2) is 22.0 Å². The third-order valence-corrected chi connectivity index (χ3v) is 3.83. The Kier molecular flexibility index (Phi) is 3.55. The number of amides is 1. The minimum absolute atomic E-state index is 0.00546. The minimum Gasteiger partial charge on any atom is -0.478 e. The Morgan fingerprint density at radius 3 is 2.79 bits per heavy atom. The quantitative estimate of drug-likeness (QED) is 0.877. The van der Waals surface area contributed by atoms with E-state index < -0.39 is 5.97 Å². The van der Waals surface area contributed by atoms with Gasteiger partial charge in [-0.2, -0.15) is 0 Å². The van der Waals surface area contributed by atoms with Gasteiger partial charge in [-0.1, -0.05) is 20.3 Å². The molecule has 2 N–H and O–H groups in total. The Labute approximate surface area is 112 Å². The summed E-state index contributed by atoms with van der Waals surface area (Å²) in [5.74, 6) is -0.841. The highest BCUT2D eigenvalue weighted by atomic mass is 16.4. The third kappa shape index (κ3) is 2.92. The molecular weight excluding hydrogens is 244 g/mol. The number of hydrogen-bond donors (Lipinski definition) is 2. The first kappa shape index (κ1) is 13.5. The lowest BCUT2D eigenvalue weighted by atomic mass is 9.81. The van der Waals surface area contributed by atoms with Crippen LogP contribution in [0.25, 0.3) is 0 Å². The predicted molar refractivity (Wildman–Crippen MR) is 70.9 cm³/mol. The molecule has 1 unspecified atom stereocenters. The predicted octanol–water partition coefficient (Wildman–Crippen LogP) is 2.54. The average Bonchev–Trinajstić information content (AvgIpc) is 2.69. The summed E-state index contributed by atoms with van der Waals surface area (Å²) in [6, 6.07) is 2.78. The molecule has 0 spiro atoms. The first-order valence-electron chi connectivity index (χ1n) is 6.40. The number of rotatable bonds is 3. The number of hydrogen-bond acceptors (Lipinski definition) is 3. The molecule has 5 nitrogen and oxygen atoms in total. The molecule has 5 heteroatoms. The monoisotopic (exact) mass is 262 g/mol. The van der Waals surface area contributed by atoms with Gasteiger partial charge in [-0.3, -0.25) is 4.79 Å². The van der Waals surface area contributed by atoms with E-state index in [0.717, 1.165) is 19.3 Å². The minimum atomic E-state index is -1.03. The molecule has 0 aromatic carbocycles. The zero-order chi connectivity index (χ0) is 14.0. The molecule has 1 aromatic rings. The van der Waals surface area contributed by atoms with Gasteiger partial charge in [-0.05, 0) is 30.4 Å². The fourth-order valence-electron chi connectivity index (χ4n) is 2.66. The summed E-state index contributed by atoms with van der Waals surface area (Å²) in [5, 5.41) is 11.6. The van der Waals surface area contributed by atoms with E-state index in [9.17, 15) is 9.59 Å². The molecule has 102 valence electrons. The molecule has 1 amide bonds. The van der Waals surface area contributed by atoms with Crippen LogP contribution in [0.4, 0.5) is 5.82 Å². The van der Waals surface area contributed by atoms with Gasteiger partial charge in [-0.25, -0.2) is 9.78 Å². The summed E-state index contributed by atoms with van der Waals surface area (Å²) in [4.78, 5) is 27.1. The van der Waals surface area contributed by atoms with E-state index in [1.54, 1.807) is 0 Å². The zero-order valence-electron chi connectivity index (χ0n) is 11.1. The second kappa shape index (κ2) is 4.99. The van der Waals surface area contributed by atoms with E-state index in [0.29, 0.717) is 5.82 Å². The van der Waals surface area contributed by atoms with Crippen LogP contribution in [-0.2, 0) is 4.79 Å². The average molecular weight is 262 g/mol. The van der Waals surface area contributed by atoms with Crippen molar-refractivity contribution in [2.45, 2.75) is 33.1 Å². The molecule has 1 aromatic heterocycles. The van der Waals surface area contributed by atoms with Gasteiger partial charge in [0.25, 0.3) is 0 Å². The molecule has 2 rings (SSSR count).